The minimum absolute atomic E-state index is 0.182. The van der Waals surface area contributed by atoms with Gasteiger partial charge in [-0.25, -0.2) is 4.98 Å². The summed E-state index contributed by atoms with van der Waals surface area (Å²) in [5.41, 5.74) is 3.35. The van der Waals surface area contributed by atoms with Crippen molar-refractivity contribution in [3.8, 4) is 17.2 Å². The van der Waals surface area contributed by atoms with Crippen LogP contribution in [0.5, 0.6) is 5.75 Å². The number of methoxy groups -OCH3 is 1. The van der Waals surface area contributed by atoms with Crippen LogP contribution in [0.3, 0.4) is 0 Å². The van der Waals surface area contributed by atoms with Gasteiger partial charge in [0.05, 0.1) is 7.11 Å². The summed E-state index contributed by atoms with van der Waals surface area (Å²) in [4.78, 5) is 16.7. The molecule has 0 radical (unpaired) electrons. The Labute approximate surface area is 182 Å². The second-order valence-electron chi connectivity index (χ2n) is 6.35. The first-order chi connectivity index (χ1) is 14.5. The first-order valence-electron chi connectivity index (χ1n) is 8.95. The highest BCUT2D eigenvalue weighted by atomic mass is 35.5. The minimum atomic E-state index is -0.339. The van der Waals surface area contributed by atoms with Crippen LogP contribution in [0.15, 0.2) is 71.1 Å². The third-order valence-corrected chi connectivity index (χ3v) is 4.74. The Morgan fingerprint density at radius 2 is 1.90 bits per heavy atom. The number of ether oxygens (including phenoxy) is 1. The molecule has 0 aliphatic carbocycles. The maximum Gasteiger partial charge on any atom is 0.257 e. The number of amides is 1. The fourth-order valence-corrected chi connectivity index (χ4v) is 3.22. The van der Waals surface area contributed by atoms with Crippen molar-refractivity contribution in [2.45, 2.75) is 0 Å². The minimum Gasteiger partial charge on any atom is -0.497 e. The van der Waals surface area contributed by atoms with Crippen molar-refractivity contribution in [2.75, 3.05) is 12.4 Å². The zero-order valence-corrected chi connectivity index (χ0v) is 17.4. The van der Waals surface area contributed by atoms with E-state index in [2.05, 4.69) is 15.6 Å². The number of oxazole rings is 1. The number of halogens is 1. The van der Waals surface area contributed by atoms with Crippen LogP contribution in [0, 0.1) is 0 Å². The van der Waals surface area contributed by atoms with Crippen molar-refractivity contribution in [1.29, 1.82) is 0 Å². The molecule has 1 heterocycles. The molecule has 8 heteroatoms. The summed E-state index contributed by atoms with van der Waals surface area (Å²) in [5.74, 6) is 0.880. The Morgan fingerprint density at radius 1 is 1.10 bits per heavy atom. The number of nitrogens with one attached hydrogen (secondary N) is 2. The Morgan fingerprint density at radius 3 is 2.63 bits per heavy atom. The van der Waals surface area contributed by atoms with E-state index in [9.17, 15) is 4.79 Å². The number of anilines is 1. The zero-order chi connectivity index (χ0) is 21.1. The summed E-state index contributed by atoms with van der Waals surface area (Å²) in [6, 6.07) is 19.4. The number of aromatic nitrogens is 1. The van der Waals surface area contributed by atoms with E-state index in [4.69, 9.17) is 33.0 Å². The molecule has 6 nitrogen and oxygen atoms in total. The first-order valence-corrected chi connectivity index (χ1v) is 9.73. The van der Waals surface area contributed by atoms with Gasteiger partial charge in [0.1, 0.15) is 11.3 Å². The predicted octanol–water partition coefficient (Wildman–Crippen LogP) is 5.28. The van der Waals surface area contributed by atoms with Crippen LogP contribution in [0.4, 0.5) is 5.69 Å². The van der Waals surface area contributed by atoms with E-state index in [-0.39, 0.29) is 11.0 Å². The third-order valence-electron chi connectivity index (χ3n) is 4.30. The molecule has 30 heavy (non-hydrogen) atoms. The third kappa shape index (κ3) is 4.42. The van der Waals surface area contributed by atoms with Crippen LogP contribution in [0.1, 0.15) is 10.4 Å². The highest BCUT2D eigenvalue weighted by Gasteiger charge is 2.11. The number of hydrogen-bond acceptors (Lipinski definition) is 5. The zero-order valence-electron chi connectivity index (χ0n) is 15.8. The average molecular weight is 438 g/mol. The molecule has 1 aromatic heterocycles. The van der Waals surface area contributed by atoms with E-state index >= 15 is 0 Å². The van der Waals surface area contributed by atoms with Gasteiger partial charge in [-0.15, -0.1) is 0 Å². The molecule has 0 saturated carbocycles. The number of rotatable bonds is 4. The van der Waals surface area contributed by atoms with Gasteiger partial charge in [-0.1, -0.05) is 17.7 Å². The van der Waals surface area contributed by atoms with Gasteiger partial charge < -0.3 is 14.5 Å². The molecule has 0 aliphatic heterocycles. The van der Waals surface area contributed by atoms with Gasteiger partial charge in [0.15, 0.2) is 10.7 Å². The topological polar surface area (TPSA) is 76.4 Å². The Bertz CT molecular complexity index is 1240. The fourth-order valence-electron chi connectivity index (χ4n) is 2.82. The van der Waals surface area contributed by atoms with Crippen molar-refractivity contribution in [3.63, 3.8) is 0 Å². The van der Waals surface area contributed by atoms with Crippen molar-refractivity contribution in [1.82, 2.24) is 10.3 Å². The molecule has 2 N–H and O–H groups in total. The average Bonchev–Trinajstić information content (AvgIpc) is 3.17. The normalized spacial score (nSPS) is 10.6. The summed E-state index contributed by atoms with van der Waals surface area (Å²) in [6.07, 6.45) is 0. The monoisotopic (exact) mass is 437 g/mol. The van der Waals surface area contributed by atoms with E-state index in [1.54, 1.807) is 31.4 Å². The highest BCUT2D eigenvalue weighted by Crippen LogP contribution is 2.27. The lowest BCUT2D eigenvalue weighted by Gasteiger charge is -2.10. The maximum absolute atomic E-state index is 12.2. The summed E-state index contributed by atoms with van der Waals surface area (Å²) in [7, 11) is 1.61. The lowest BCUT2D eigenvalue weighted by molar-refractivity contribution is 0.0977. The second kappa shape index (κ2) is 8.52. The molecule has 0 unspecified atom stereocenters. The standard InChI is InChI=1S/C22H16ClN3O3S/c1-28-17-9-10-19-18(12-17)25-21(29-19)13-5-7-16(8-6-13)24-22(30)26-20(27)14-3-2-4-15(23)11-14/h2-12H,1H3,(H2,24,26,27,30). The fraction of sp³-hybridized carbons (Fsp3) is 0.0455. The molecule has 0 aliphatic rings. The van der Waals surface area contributed by atoms with Gasteiger partial charge >= 0.3 is 0 Å². The van der Waals surface area contributed by atoms with E-state index < -0.39 is 0 Å². The van der Waals surface area contributed by atoms with Crippen LogP contribution >= 0.6 is 23.8 Å². The molecular weight excluding hydrogens is 422 g/mol. The Hall–Kier alpha value is -3.42. The highest BCUT2D eigenvalue weighted by molar-refractivity contribution is 7.80. The molecule has 0 spiro atoms. The lowest BCUT2D eigenvalue weighted by Crippen LogP contribution is -2.34. The van der Waals surface area contributed by atoms with Gasteiger partial charge in [-0.3, -0.25) is 10.1 Å². The molecule has 0 saturated heterocycles. The smallest absolute Gasteiger partial charge is 0.257 e. The van der Waals surface area contributed by atoms with E-state index in [1.165, 1.54) is 0 Å². The lowest BCUT2D eigenvalue weighted by atomic mass is 10.2. The molecule has 0 atom stereocenters. The Balaban J connectivity index is 1.43. The van der Waals surface area contributed by atoms with Crippen LogP contribution < -0.4 is 15.4 Å². The van der Waals surface area contributed by atoms with Gasteiger partial charge in [-0.05, 0) is 66.8 Å². The second-order valence-corrected chi connectivity index (χ2v) is 7.19. The van der Waals surface area contributed by atoms with E-state index in [0.29, 0.717) is 27.7 Å². The molecule has 4 aromatic rings. The molecular formula is C22H16ClN3O3S. The molecule has 3 aromatic carbocycles. The summed E-state index contributed by atoms with van der Waals surface area (Å²) < 4.78 is 11.0. The van der Waals surface area contributed by atoms with Crippen molar-refractivity contribution in [2.24, 2.45) is 0 Å². The van der Waals surface area contributed by atoms with Crippen LogP contribution in [0.25, 0.3) is 22.6 Å². The summed E-state index contributed by atoms with van der Waals surface area (Å²) >= 11 is 11.1. The Kier molecular flexibility index (Phi) is 5.65. The molecule has 0 fully saturated rings. The number of fused-ring (bicyclic) bond motifs is 1. The van der Waals surface area contributed by atoms with E-state index in [1.807, 2.05) is 42.5 Å². The molecule has 4 rings (SSSR count). The summed E-state index contributed by atoms with van der Waals surface area (Å²) in [5, 5.41) is 6.27. The van der Waals surface area contributed by atoms with Crippen molar-refractivity contribution < 1.29 is 13.9 Å². The van der Waals surface area contributed by atoms with Crippen molar-refractivity contribution >= 4 is 51.6 Å². The van der Waals surface area contributed by atoms with Gasteiger partial charge in [0, 0.05) is 27.9 Å². The predicted molar refractivity (Wildman–Crippen MR) is 121 cm³/mol. The number of hydrogen-bond donors (Lipinski definition) is 2. The van der Waals surface area contributed by atoms with Crippen LogP contribution in [0.2, 0.25) is 5.02 Å². The van der Waals surface area contributed by atoms with Crippen LogP contribution in [-0.2, 0) is 0 Å². The largest absolute Gasteiger partial charge is 0.497 e. The van der Waals surface area contributed by atoms with Gasteiger partial charge in [-0.2, -0.15) is 0 Å². The van der Waals surface area contributed by atoms with Crippen LogP contribution in [-0.4, -0.2) is 23.1 Å². The molecule has 0 bridgehead atoms. The molecule has 1 amide bonds. The quantitative estimate of drug-likeness (QED) is 0.423. The number of nitrogens with zero attached hydrogens (tertiary/aromatic N) is 1. The van der Waals surface area contributed by atoms with Gasteiger partial charge in [0.2, 0.25) is 5.89 Å². The SMILES string of the molecule is COc1ccc2oc(-c3ccc(NC(=S)NC(=O)c4cccc(Cl)c4)cc3)nc2c1. The number of thiocarbonyl (C=S) groups is 1. The maximum atomic E-state index is 12.2. The number of carbonyl (C=O) groups is 1. The van der Waals surface area contributed by atoms with E-state index in [0.717, 1.165) is 16.8 Å². The molecule has 150 valence electrons. The first kappa shape index (κ1) is 19.9. The number of carbonyl (C=O) groups excluding carboxylic acids is 1. The number of benzene rings is 3. The van der Waals surface area contributed by atoms with Gasteiger partial charge in [0.25, 0.3) is 5.91 Å². The summed E-state index contributed by atoms with van der Waals surface area (Å²) in [6.45, 7) is 0. The van der Waals surface area contributed by atoms with Crippen molar-refractivity contribution in [3.05, 3.63) is 77.3 Å².